The lowest BCUT2D eigenvalue weighted by Gasteiger charge is -2.11. The van der Waals surface area contributed by atoms with Crippen LogP contribution in [-0.4, -0.2) is 40.2 Å². The van der Waals surface area contributed by atoms with Crippen LogP contribution in [0.15, 0.2) is 46.5 Å². The van der Waals surface area contributed by atoms with Crippen molar-refractivity contribution in [3.05, 3.63) is 52.6 Å². The Labute approximate surface area is 159 Å². The third-order valence-electron chi connectivity index (χ3n) is 3.77. The van der Waals surface area contributed by atoms with Gasteiger partial charge in [0.05, 0.1) is 25.7 Å². The van der Waals surface area contributed by atoms with E-state index in [2.05, 4.69) is 15.3 Å². The Kier molecular flexibility index (Phi) is 5.60. The highest BCUT2D eigenvalue weighted by Gasteiger charge is 2.12. The molecule has 0 bridgehead atoms. The van der Waals surface area contributed by atoms with Crippen LogP contribution in [0.4, 0.5) is 5.69 Å². The van der Waals surface area contributed by atoms with E-state index in [-0.39, 0.29) is 16.8 Å². The van der Waals surface area contributed by atoms with E-state index in [1.165, 1.54) is 11.5 Å². The number of carbonyl (C=O) groups is 1. The second kappa shape index (κ2) is 8.09. The van der Waals surface area contributed by atoms with Crippen molar-refractivity contribution in [3.8, 4) is 11.5 Å². The van der Waals surface area contributed by atoms with Gasteiger partial charge in [0.25, 0.3) is 0 Å². The maximum atomic E-state index is 12.3. The number of anilines is 1. The number of amides is 1. The topological polar surface area (TPSA) is 94.8 Å². The van der Waals surface area contributed by atoms with Gasteiger partial charge in [-0.25, -0.2) is 9.78 Å². The molecular formula is C18H18N4O4S. The number of aromatic nitrogens is 3. The highest BCUT2D eigenvalue weighted by atomic mass is 32.2. The number of rotatable bonds is 6. The molecule has 8 nitrogen and oxygen atoms in total. The summed E-state index contributed by atoms with van der Waals surface area (Å²) in [5.74, 6) is 0.882. The third kappa shape index (κ3) is 4.20. The first kappa shape index (κ1) is 18.7. The molecule has 140 valence electrons. The van der Waals surface area contributed by atoms with Crippen LogP contribution in [0.1, 0.15) is 5.56 Å². The summed E-state index contributed by atoms with van der Waals surface area (Å²) >= 11 is 1.09. The molecule has 0 aliphatic carbocycles. The predicted molar refractivity (Wildman–Crippen MR) is 103 cm³/mol. The number of methoxy groups -OCH3 is 2. The Morgan fingerprint density at radius 1 is 1.22 bits per heavy atom. The van der Waals surface area contributed by atoms with Crippen LogP contribution in [0.2, 0.25) is 0 Å². The number of hydrogen-bond acceptors (Lipinski definition) is 7. The van der Waals surface area contributed by atoms with E-state index in [4.69, 9.17) is 9.47 Å². The number of carbonyl (C=O) groups excluding carboxylic acids is 1. The molecule has 0 aliphatic heterocycles. The number of thioether (sulfide) groups is 1. The lowest BCUT2D eigenvalue weighted by Crippen LogP contribution is -2.20. The van der Waals surface area contributed by atoms with Gasteiger partial charge >= 0.3 is 5.69 Å². The number of nitrogens with one attached hydrogen (secondary N) is 1. The van der Waals surface area contributed by atoms with Crippen LogP contribution >= 0.6 is 11.8 Å². The molecule has 2 aromatic heterocycles. The molecule has 9 heteroatoms. The summed E-state index contributed by atoms with van der Waals surface area (Å²) in [6.45, 7) is 1.86. The highest BCUT2D eigenvalue weighted by molar-refractivity contribution is 7.99. The van der Waals surface area contributed by atoms with Crippen molar-refractivity contribution < 1.29 is 14.3 Å². The molecule has 0 fully saturated rings. The van der Waals surface area contributed by atoms with Gasteiger partial charge in [0.2, 0.25) is 5.91 Å². The normalized spacial score (nSPS) is 10.6. The molecule has 1 aromatic carbocycles. The van der Waals surface area contributed by atoms with Gasteiger partial charge in [0.15, 0.2) is 5.16 Å². The fraction of sp³-hybridized carbons (Fsp3) is 0.222. The van der Waals surface area contributed by atoms with Gasteiger partial charge in [-0.3, -0.25) is 9.20 Å². The minimum atomic E-state index is -0.430. The summed E-state index contributed by atoms with van der Waals surface area (Å²) in [4.78, 5) is 32.7. The number of ether oxygens (including phenoxy) is 2. The lowest BCUT2D eigenvalue weighted by atomic mass is 10.2. The number of benzene rings is 1. The van der Waals surface area contributed by atoms with Gasteiger partial charge in [-0.15, -0.1) is 0 Å². The van der Waals surface area contributed by atoms with E-state index in [9.17, 15) is 9.59 Å². The highest BCUT2D eigenvalue weighted by Crippen LogP contribution is 2.29. The van der Waals surface area contributed by atoms with Crippen LogP contribution in [0.25, 0.3) is 5.65 Å². The number of fused-ring (bicyclic) bond motifs is 1. The summed E-state index contributed by atoms with van der Waals surface area (Å²) in [6, 6.07) is 8.73. The molecule has 3 rings (SSSR count). The predicted octanol–water partition coefficient (Wildman–Crippen LogP) is 2.15. The lowest BCUT2D eigenvalue weighted by molar-refractivity contribution is -0.113. The zero-order valence-corrected chi connectivity index (χ0v) is 15.9. The molecule has 0 saturated carbocycles. The smallest absolute Gasteiger partial charge is 0.355 e. The fourth-order valence-electron chi connectivity index (χ4n) is 2.45. The van der Waals surface area contributed by atoms with Gasteiger partial charge in [-0.05, 0) is 30.7 Å². The van der Waals surface area contributed by atoms with Crippen molar-refractivity contribution in [2.24, 2.45) is 0 Å². The Morgan fingerprint density at radius 3 is 2.78 bits per heavy atom. The molecule has 0 aliphatic rings. The Hall–Kier alpha value is -3.07. The van der Waals surface area contributed by atoms with Crippen molar-refractivity contribution >= 4 is 29.0 Å². The maximum Gasteiger partial charge on any atom is 0.355 e. The zero-order chi connectivity index (χ0) is 19.4. The first-order chi connectivity index (χ1) is 13.0. The molecule has 0 spiro atoms. The average molecular weight is 386 g/mol. The molecule has 1 amide bonds. The van der Waals surface area contributed by atoms with Gasteiger partial charge in [0, 0.05) is 12.3 Å². The van der Waals surface area contributed by atoms with Crippen molar-refractivity contribution in [2.75, 3.05) is 25.3 Å². The van der Waals surface area contributed by atoms with E-state index >= 15 is 0 Å². The number of hydrogen-bond donors (Lipinski definition) is 1. The van der Waals surface area contributed by atoms with Gasteiger partial charge in [-0.1, -0.05) is 17.8 Å². The largest absolute Gasteiger partial charge is 0.497 e. The summed E-state index contributed by atoms with van der Waals surface area (Å²) in [5.41, 5.74) is 1.44. The molecule has 27 heavy (non-hydrogen) atoms. The summed E-state index contributed by atoms with van der Waals surface area (Å²) < 4.78 is 11.8. The van der Waals surface area contributed by atoms with Crippen LogP contribution in [0.3, 0.4) is 0 Å². The molecule has 3 aromatic rings. The van der Waals surface area contributed by atoms with E-state index in [0.717, 1.165) is 17.3 Å². The van der Waals surface area contributed by atoms with Gasteiger partial charge < -0.3 is 14.8 Å². The Balaban J connectivity index is 1.74. The van der Waals surface area contributed by atoms with Crippen molar-refractivity contribution in [3.63, 3.8) is 0 Å². The van der Waals surface area contributed by atoms with E-state index in [1.807, 2.05) is 13.0 Å². The van der Waals surface area contributed by atoms with Crippen molar-refractivity contribution in [2.45, 2.75) is 12.1 Å². The quantitative estimate of drug-likeness (QED) is 0.649. The second-order valence-corrected chi connectivity index (χ2v) is 6.52. The van der Waals surface area contributed by atoms with Crippen LogP contribution in [-0.2, 0) is 4.79 Å². The molecule has 0 saturated heterocycles. The SMILES string of the molecule is COc1ccc(OC)c(NC(=O)CSc2nc(=O)n3cccc(C)c3n2)c1. The van der Waals surface area contributed by atoms with Crippen LogP contribution in [0.5, 0.6) is 11.5 Å². The standard InChI is InChI=1S/C18H18N4O4S/c1-11-5-4-8-22-16(11)20-17(21-18(22)24)27-10-15(23)19-13-9-12(25-2)6-7-14(13)26-3/h4-9H,10H2,1-3H3,(H,19,23). The van der Waals surface area contributed by atoms with E-state index < -0.39 is 5.69 Å². The molecule has 2 heterocycles. The molecule has 0 atom stereocenters. The summed E-state index contributed by atoms with van der Waals surface area (Å²) in [5, 5.41) is 3.02. The number of pyridine rings is 1. The van der Waals surface area contributed by atoms with Crippen LogP contribution in [0, 0.1) is 6.92 Å². The average Bonchev–Trinajstić information content (AvgIpc) is 2.67. The van der Waals surface area contributed by atoms with Crippen LogP contribution < -0.4 is 20.5 Å². The number of aryl methyl sites for hydroxylation is 1. The minimum absolute atomic E-state index is 0.0435. The number of nitrogens with zero attached hydrogens (tertiary/aromatic N) is 3. The van der Waals surface area contributed by atoms with Gasteiger partial charge in [0.1, 0.15) is 17.1 Å². The second-order valence-electron chi connectivity index (χ2n) is 5.58. The molecular weight excluding hydrogens is 368 g/mol. The molecule has 0 radical (unpaired) electrons. The van der Waals surface area contributed by atoms with E-state index in [1.54, 1.807) is 37.6 Å². The van der Waals surface area contributed by atoms with Crippen molar-refractivity contribution in [1.82, 2.24) is 14.4 Å². The molecule has 1 N–H and O–H groups in total. The van der Waals surface area contributed by atoms with Crippen molar-refractivity contribution in [1.29, 1.82) is 0 Å². The summed E-state index contributed by atoms with van der Waals surface area (Å²) in [7, 11) is 3.06. The van der Waals surface area contributed by atoms with E-state index in [0.29, 0.717) is 22.8 Å². The Morgan fingerprint density at radius 2 is 2.04 bits per heavy atom. The van der Waals surface area contributed by atoms with Gasteiger partial charge in [-0.2, -0.15) is 4.98 Å². The summed E-state index contributed by atoms with van der Waals surface area (Å²) in [6.07, 6.45) is 1.61. The maximum absolute atomic E-state index is 12.3. The monoisotopic (exact) mass is 386 g/mol. The first-order valence-electron chi connectivity index (χ1n) is 8.02. The zero-order valence-electron chi connectivity index (χ0n) is 15.1. The fourth-order valence-corrected chi connectivity index (χ4v) is 3.07. The molecule has 0 unspecified atom stereocenters. The Bertz CT molecular complexity index is 1050. The third-order valence-corrected chi connectivity index (χ3v) is 4.62. The first-order valence-corrected chi connectivity index (χ1v) is 9.01. The minimum Gasteiger partial charge on any atom is -0.497 e.